The zero-order valence-electron chi connectivity index (χ0n) is 21.0. The van der Waals surface area contributed by atoms with Gasteiger partial charge >= 0.3 is 5.69 Å². The van der Waals surface area contributed by atoms with E-state index in [2.05, 4.69) is 20.5 Å². The van der Waals surface area contributed by atoms with Gasteiger partial charge in [0, 0.05) is 47.7 Å². The number of nitrogen functional groups attached to an aromatic ring is 1. The smallest absolute Gasteiger partial charge is 0.311 e. The summed E-state index contributed by atoms with van der Waals surface area (Å²) in [6.07, 6.45) is 9.24. The Labute approximate surface area is 231 Å². The molecule has 1 aliphatic heterocycles. The number of nitrogens with zero attached hydrogens (tertiary/aromatic N) is 4. The number of anilines is 3. The first-order valence-corrected chi connectivity index (χ1v) is 13.4. The molecule has 0 saturated carbocycles. The fourth-order valence-electron chi connectivity index (χ4n) is 4.54. The lowest BCUT2D eigenvalue weighted by atomic mass is 10.1. The molecule has 4 N–H and O–H groups in total. The van der Waals surface area contributed by atoms with Gasteiger partial charge in [-0.1, -0.05) is 42.1 Å². The van der Waals surface area contributed by atoms with Crippen molar-refractivity contribution in [3.8, 4) is 11.1 Å². The van der Waals surface area contributed by atoms with Gasteiger partial charge in [0.15, 0.2) is 0 Å². The Morgan fingerprint density at radius 1 is 1.08 bits per heavy atom. The van der Waals surface area contributed by atoms with Crippen LogP contribution in [0.3, 0.4) is 0 Å². The van der Waals surface area contributed by atoms with Crippen molar-refractivity contribution >= 4 is 52.1 Å². The van der Waals surface area contributed by atoms with Gasteiger partial charge in [-0.2, -0.15) is 0 Å². The first-order chi connectivity index (χ1) is 18.3. The summed E-state index contributed by atoms with van der Waals surface area (Å²) < 4.78 is 2.00. The molecule has 0 aliphatic carbocycles. The minimum atomic E-state index is -0.563. The minimum Gasteiger partial charge on any atom is -0.378 e. The highest BCUT2D eigenvalue weighted by Crippen LogP contribution is 2.36. The molecule has 0 atom stereocenters. The molecule has 0 radical (unpaired) electrons. The summed E-state index contributed by atoms with van der Waals surface area (Å²) in [5.41, 5.74) is 7.73. The summed E-state index contributed by atoms with van der Waals surface area (Å²) in [6, 6.07) is 8.17. The Bertz CT molecular complexity index is 1290. The molecule has 38 heavy (non-hydrogen) atoms. The van der Waals surface area contributed by atoms with Crippen molar-refractivity contribution in [1.29, 1.82) is 0 Å². The van der Waals surface area contributed by atoms with Crippen LogP contribution in [0, 0.1) is 10.1 Å². The molecule has 1 fully saturated rings. The van der Waals surface area contributed by atoms with Crippen molar-refractivity contribution in [3.63, 3.8) is 0 Å². The molecule has 1 saturated heterocycles. The molecule has 0 bridgehead atoms. The van der Waals surface area contributed by atoms with E-state index in [1.807, 2.05) is 23.0 Å². The van der Waals surface area contributed by atoms with Crippen LogP contribution in [0.4, 0.5) is 23.0 Å². The highest BCUT2D eigenvalue weighted by molar-refractivity contribution is 6.36. The summed E-state index contributed by atoms with van der Waals surface area (Å²) in [5, 5.41) is 18.2. The Hall–Kier alpha value is -3.34. The SMILES string of the molecule is Nc1nc(NCCCn2cc(NC(=O)CN3CCCCCC3)c(-c3ccc(Cl)cc3Cl)c2)ccc1[N+](=O)[O-]. The lowest BCUT2D eigenvalue weighted by Crippen LogP contribution is -2.33. The average molecular weight is 560 g/mol. The van der Waals surface area contributed by atoms with E-state index in [0.29, 0.717) is 41.2 Å². The second kappa shape index (κ2) is 12.9. The number of halogens is 2. The molecular weight excluding hydrogens is 529 g/mol. The Balaban J connectivity index is 1.43. The quantitative estimate of drug-likeness (QED) is 0.166. The molecule has 202 valence electrons. The fraction of sp³-hybridized carbons (Fsp3) is 0.385. The van der Waals surface area contributed by atoms with Gasteiger partial charge in [-0.15, -0.1) is 0 Å². The zero-order chi connectivity index (χ0) is 27.1. The number of benzene rings is 1. The number of hydrogen-bond donors (Lipinski definition) is 3. The van der Waals surface area contributed by atoms with Crippen LogP contribution in [0.15, 0.2) is 42.7 Å². The molecular formula is C26H31Cl2N7O3. The standard InChI is InChI=1S/C26H31Cl2N7O3/c27-18-6-7-19(21(28)14-18)20-15-34(13-5-10-30-24-9-8-23(35(37)38)26(29)32-24)16-22(20)31-25(36)17-33-11-3-1-2-4-12-33/h6-9,14-16H,1-5,10-13,17H2,(H,31,36)(H3,29,30,32). The number of carbonyl (C=O) groups excluding carboxylic acids is 1. The predicted molar refractivity (Wildman–Crippen MR) is 152 cm³/mol. The number of nitrogens with one attached hydrogen (secondary N) is 2. The normalized spacial score (nSPS) is 14.2. The number of rotatable bonds is 10. The second-order valence-electron chi connectivity index (χ2n) is 9.32. The third kappa shape index (κ3) is 7.37. The van der Waals surface area contributed by atoms with E-state index in [1.54, 1.807) is 12.1 Å². The number of carbonyl (C=O) groups is 1. The molecule has 4 rings (SSSR count). The molecule has 0 spiro atoms. The van der Waals surface area contributed by atoms with Gasteiger partial charge in [0.05, 0.1) is 22.2 Å². The lowest BCUT2D eigenvalue weighted by molar-refractivity contribution is -0.384. The number of aromatic nitrogens is 2. The fourth-order valence-corrected chi connectivity index (χ4v) is 5.06. The van der Waals surface area contributed by atoms with Crippen molar-refractivity contribution in [2.75, 3.05) is 42.5 Å². The lowest BCUT2D eigenvalue weighted by Gasteiger charge is -2.19. The topological polar surface area (TPSA) is 131 Å². The van der Waals surface area contributed by atoms with Gasteiger partial charge in [-0.05, 0) is 50.6 Å². The summed E-state index contributed by atoms with van der Waals surface area (Å²) in [7, 11) is 0. The maximum absolute atomic E-state index is 13.0. The third-order valence-electron chi connectivity index (χ3n) is 6.44. The third-order valence-corrected chi connectivity index (χ3v) is 6.99. The maximum Gasteiger partial charge on any atom is 0.311 e. The molecule has 12 heteroatoms. The van der Waals surface area contributed by atoms with E-state index >= 15 is 0 Å². The largest absolute Gasteiger partial charge is 0.378 e. The van der Waals surface area contributed by atoms with Crippen LogP contribution in [-0.4, -0.2) is 51.5 Å². The number of pyridine rings is 1. The van der Waals surface area contributed by atoms with E-state index in [1.165, 1.54) is 25.0 Å². The van der Waals surface area contributed by atoms with Crippen molar-refractivity contribution in [2.24, 2.45) is 0 Å². The Morgan fingerprint density at radius 2 is 1.84 bits per heavy atom. The van der Waals surface area contributed by atoms with E-state index in [0.717, 1.165) is 43.5 Å². The van der Waals surface area contributed by atoms with E-state index in [9.17, 15) is 14.9 Å². The van der Waals surface area contributed by atoms with Crippen LogP contribution in [0.1, 0.15) is 32.1 Å². The average Bonchev–Trinajstić information content (AvgIpc) is 3.06. The minimum absolute atomic E-state index is 0.0560. The van der Waals surface area contributed by atoms with Crippen LogP contribution < -0.4 is 16.4 Å². The number of aryl methyl sites for hydroxylation is 1. The van der Waals surface area contributed by atoms with Crippen molar-refractivity contribution in [1.82, 2.24) is 14.5 Å². The van der Waals surface area contributed by atoms with E-state index in [4.69, 9.17) is 28.9 Å². The summed E-state index contributed by atoms with van der Waals surface area (Å²) >= 11 is 12.6. The number of nitro groups is 1. The molecule has 1 aliphatic rings. The Kier molecular flexibility index (Phi) is 9.43. The molecule has 2 aromatic heterocycles. The van der Waals surface area contributed by atoms with Crippen LogP contribution in [0.5, 0.6) is 0 Å². The van der Waals surface area contributed by atoms with Crippen molar-refractivity contribution in [2.45, 2.75) is 38.6 Å². The van der Waals surface area contributed by atoms with Crippen LogP contribution in [0.2, 0.25) is 10.0 Å². The second-order valence-corrected chi connectivity index (χ2v) is 10.2. The Morgan fingerprint density at radius 3 is 2.53 bits per heavy atom. The first kappa shape index (κ1) is 27.7. The highest BCUT2D eigenvalue weighted by Gasteiger charge is 2.18. The number of likely N-dealkylation sites (tertiary alicyclic amines) is 1. The van der Waals surface area contributed by atoms with Gasteiger partial charge in [0.1, 0.15) is 5.82 Å². The van der Waals surface area contributed by atoms with Crippen molar-refractivity contribution in [3.05, 3.63) is 62.9 Å². The maximum atomic E-state index is 13.0. The molecule has 3 heterocycles. The monoisotopic (exact) mass is 559 g/mol. The number of amides is 1. The molecule has 1 aromatic carbocycles. The van der Waals surface area contributed by atoms with Crippen LogP contribution in [0.25, 0.3) is 11.1 Å². The van der Waals surface area contributed by atoms with Gasteiger partial charge in [0.2, 0.25) is 11.7 Å². The summed E-state index contributed by atoms with van der Waals surface area (Å²) in [5.74, 6) is 0.283. The van der Waals surface area contributed by atoms with E-state index in [-0.39, 0.29) is 17.4 Å². The highest BCUT2D eigenvalue weighted by atomic mass is 35.5. The molecule has 3 aromatic rings. The number of hydrogen-bond acceptors (Lipinski definition) is 7. The van der Waals surface area contributed by atoms with Crippen LogP contribution in [-0.2, 0) is 11.3 Å². The summed E-state index contributed by atoms with van der Waals surface area (Å²) in [6.45, 7) is 3.44. The first-order valence-electron chi connectivity index (χ1n) is 12.6. The van der Waals surface area contributed by atoms with Gasteiger partial charge in [-0.25, -0.2) is 4.98 Å². The summed E-state index contributed by atoms with van der Waals surface area (Å²) in [4.78, 5) is 29.6. The van der Waals surface area contributed by atoms with Crippen molar-refractivity contribution < 1.29 is 9.72 Å². The predicted octanol–water partition coefficient (Wildman–Crippen LogP) is 5.66. The van der Waals surface area contributed by atoms with Crippen LogP contribution >= 0.6 is 23.2 Å². The molecule has 1 amide bonds. The molecule has 0 unspecified atom stereocenters. The van der Waals surface area contributed by atoms with Gasteiger partial charge < -0.3 is 20.9 Å². The molecule has 10 nitrogen and oxygen atoms in total. The zero-order valence-corrected chi connectivity index (χ0v) is 22.5. The number of nitrogens with two attached hydrogens (primary N) is 1. The van der Waals surface area contributed by atoms with Gasteiger partial charge in [-0.3, -0.25) is 19.8 Å². The van der Waals surface area contributed by atoms with Gasteiger partial charge in [0.25, 0.3) is 0 Å². The van der Waals surface area contributed by atoms with E-state index < -0.39 is 4.92 Å².